The first-order chi connectivity index (χ1) is 21.3. The third-order valence-electron chi connectivity index (χ3n) is 10.8. The number of hydrogen-bond donors (Lipinski definition) is 0. The molecule has 0 fully saturated rings. The van der Waals surface area contributed by atoms with Gasteiger partial charge in [0.25, 0.3) is 0 Å². The molecule has 0 spiro atoms. The Kier molecular flexibility index (Phi) is 5.24. The molecule has 44 heavy (non-hydrogen) atoms. The molecule has 8 aromatic rings. The van der Waals surface area contributed by atoms with Crippen molar-refractivity contribution in [2.24, 2.45) is 0 Å². The molecule has 2 aromatic heterocycles. The fourth-order valence-corrected chi connectivity index (χ4v) is 9.17. The van der Waals surface area contributed by atoms with E-state index in [0.717, 1.165) is 0 Å². The number of nitrogens with zero attached hydrogens (tertiary/aromatic N) is 1. The Morgan fingerprint density at radius 3 is 1.80 bits per heavy atom. The normalized spacial score (nSPS) is 15.2. The molecular weight excluding hydrogens is 551 g/mol. The summed E-state index contributed by atoms with van der Waals surface area (Å²) in [7, 11) is 0. The highest BCUT2D eigenvalue weighted by Gasteiger charge is 2.47. The Bertz CT molecular complexity index is 2380. The number of hydrogen-bond acceptors (Lipinski definition) is 1. The average molecular weight is 584 g/mol. The molecule has 0 N–H and O–H groups in total. The van der Waals surface area contributed by atoms with Crippen LogP contribution in [-0.4, -0.2) is 4.57 Å². The minimum absolute atomic E-state index is 0.0469. The highest BCUT2D eigenvalue weighted by molar-refractivity contribution is 7.26. The minimum atomic E-state index is -0.0568. The zero-order valence-electron chi connectivity index (χ0n) is 25.5. The molecule has 1 aliphatic rings. The second kappa shape index (κ2) is 8.94. The molecule has 0 saturated carbocycles. The van der Waals surface area contributed by atoms with Crippen LogP contribution < -0.4 is 0 Å². The largest absolute Gasteiger partial charge is 0.309 e. The summed E-state index contributed by atoms with van der Waals surface area (Å²) < 4.78 is 5.20. The molecule has 0 radical (unpaired) electrons. The lowest BCUT2D eigenvalue weighted by atomic mass is 9.55. The van der Waals surface area contributed by atoms with Gasteiger partial charge in [-0.3, -0.25) is 0 Å². The molecule has 1 nitrogen and oxygen atoms in total. The summed E-state index contributed by atoms with van der Waals surface area (Å²) >= 11 is 1.95. The van der Waals surface area contributed by atoms with E-state index in [0.29, 0.717) is 0 Å². The molecule has 0 amide bonds. The van der Waals surface area contributed by atoms with Crippen molar-refractivity contribution in [2.75, 3.05) is 0 Å². The van der Waals surface area contributed by atoms with E-state index in [1.54, 1.807) is 0 Å². The summed E-state index contributed by atoms with van der Waals surface area (Å²) in [6, 6.07) is 47.3. The molecule has 212 valence electrons. The second-order valence-electron chi connectivity index (χ2n) is 13.4. The van der Waals surface area contributed by atoms with Gasteiger partial charge in [0, 0.05) is 42.0 Å². The Hall–Kier alpha value is -4.66. The van der Waals surface area contributed by atoms with Crippen LogP contribution in [0.3, 0.4) is 0 Å². The van der Waals surface area contributed by atoms with Crippen LogP contribution in [0.2, 0.25) is 0 Å². The van der Waals surface area contributed by atoms with Crippen molar-refractivity contribution in [2.45, 2.75) is 38.5 Å². The van der Waals surface area contributed by atoms with E-state index in [9.17, 15) is 0 Å². The van der Waals surface area contributed by atoms with Crippen molar-refractivity contribution in [3.05, 3.63) is 139 Å². The van der Waals surface area contributed by atoms with Gasteiger partial charge < -0.3 is 4.57 Å². The van der Waals surface area contributed by atoms with Crippen molar-refractivity contribution in [1.29, 1.82) is 0 Å². The maximum Gasteiger partial charge on any atom is 0.0541 e. The first-order valence-electron chi connectivity index (χ1n) is 15.5. The standard InChI is InChI=1S/C42H33NS/c1-41(2)35-25-27(26-17-20-28(21-18-26)43-36-14-8-5-11-30(36)31-12-6-9-15-37(31)43)19-22-29(35)33-23-24-34-32-13-7-10-16-38(32)44-40(34)39(33)42(41,3)4/h5-25H,1-4H3. The number of benzene rings is 6. The molecule has 1 aliphatic carbocycles. The molecule has 9 rings (SSSR count). The third-order valence-corrected chi connectivity index (χ3v) is 12.0. The summed E-state index contributed by atoms with van der Waals surface area (Å²) in [5, 5.41) is 5.34. The van der Waals surface area contributed by atoms with Crippen LogP contribution in [0.1, 0.15) is 38.8 Å². The van der Waals surface area contributed by atoms with Gasteiger partial charge in [0.15, 0.2) is 0 Å². The van der Waals surface area contributed by atoms with E-state index < -0.39 is 0 Å². The predicted molar refractivity (Wildman–Crippen MR) is 191 cm³/mol. The van der Waals surface area contributed by atoms with Crippen LogP contribution in [0.15, 0.2) is 127 Å². The lowest BCUT2D eigenvalue weighted by Crippen LogP contribution is -2.43. The number of fused-ring (bicyclic) bond motifs is 10. The van der Waals surface area contributed by atoms with Crippen LogP contribution in [0, 0.1) is 0 Å². The van der Waals surface area contributed by atoms with Gasteiger partial charge >= 0.3 is 0 Å². The summed E-state index contributed by atoms with van der Waals surface area (Å²) in [6.45, 7) is 9.78. The Labute approximate surface area is 262 Å². The number of rotatable bonds is 2. The summed E-state index contributed by atoms with van der Waals surface area (Å²) in [6.07, 6.45) is 0. The van der Waals surface area contributed by atoms with Gasteiger partial charge in [-0.15, -0.1) is 11.3 Å². The molecule has 0 unspecified atom stereocenters. The molecule has 2 heterocycles. The van der Waals surface area contributed by atoms with Crippen molar-refractivity contribution in [3.63, 3.8) is 0 Å². The van der Waals surface area contributed by atoms with E-state index in [1.165, 1.54) is 81.0 Å². The molecule has 0 atom stereocenters. The quantitative estimate of drug-likeness (QED) is 0.191. The summed E-state index contributed by atoms with van der Waals surface area (Å²) in [5.41, 5.74) is 11.8. The van der Waals surface area contributed by atoms with E-state index in [-0.39, 0.29) is 10.8 Å². The Balaban J connectivity index is 1.19. The SMILES string of the molecule is CC1(C)c2cc(-c3ccc(-n4c5ccccc5c5ccccc54)cc3)ccc2-c2ccc3c(sc4ccccc43)c2C1(C)C. The maximum atomic E-state index is 2.46. The van der Waals surface area contributed by atoms with Gasteiger partial charge in [-0.2, -0.15) is 0 Å². The van der Waals surface area contributed by atoms with Crippen molar-refractivity contribution >= 4 is 53.3 Å². The van der Waals surface area contributed by atoms with Crippen LogP contribution in [0.4, 0.5) is 0 Å². The Morgan fingerprint density at radius 1 is 0.500 bits per heavy atom. The molecular formula is C42H33NS. The zero-order valence-corrected chi connectivity index (χ0v) is 26.3. The van der Waals surface area contributed by atoms with E-state index in [1.807, 2.05) is 11.3 Å². The zero-order chi connectivity index (χ0) is 29.8. The number of para-hydroxylation sites is 2. The van der Waals surface area contributed by atoms with Gasteiger partial charge in [0.2, 0.25) is 0 Å². The first-order valence-corrected chi connectivity index (χ1v) is 16.3. The van der Waals surface area contributed by atoms with Gasteiger partial charge in [-0.25, -0.2) is 0 Å². The minimum Gasteiger partial charge on any atom is -0.309 e. The van der Waals surface area contributed by atoms with Crippen LogP contribution >= 0.6 is 11.3 Å². The third kappa shape index (κ3) is 3.35. The second-order valence-corrected chi connectivity index (χ2v) is 14.4. The average Bonchev–Trinajstić information content (AvgIpc) is 3.59. The van der Waals surface area contributed by atoms with E-state index >= 15 is 0 Å². The van der Waals surface area contributed by atoms with Crippen molar-refractivity contribution in [3.8, 4) is 27.9 Å². The molecule has 6 aromatic carbocycles. The lowest BCUT2D eigenvalue weighted by Gasteiger charge is -2.48. The van der Waals surface area contributed by atoms with Gasteiger partial charge in [-0.05, 0) is 75.2 Å². The van der Waals surface area contributed by atoms with Crippen molar-refractivity contribution in [1.82, 2.24) is 4.57 Å². The van der Waals surface area contributed by atoms with Crippen molar-refractivity contribution < 1.29 is 0 Å². The smallest absolute Gasteiger partial charge is 0.0541 e. The van der Waals surface area contributed by atoms with E-state index in [4.69, 9.17) is 0 Å². The van der Waals surface area contributed by atoms with Gasteiger partial charge in [0.05, 0.1) is 11.0 Å². The molecule has 0 aliphatic heterocycles. The van der Waals surface area contributed by atoms with Crippen LogP contribution in [-0.2, 0) is 10.8 Å². The van der Waals surface area contributed by atoms with Gasteiger partial charge in [-0.1, -0.05) is 119 Å². The Morgan fingerprint density at radius 2 is 1.09 bits per heavy atom. The van der Waals surface area contributed by atoms with E-state index in [2.05, 4.69) is 160 Å². The highest BCUT2D eigenvalue weighted by atomic mass is 32.1. The van der Waals surface area contributed by atoms with Crippen LogP contribution in [0.25, 0.3) is 69.9 Å². The first kappa shape index (κ1) is 25.8. The highest BCUT2D eigenvalue weighted by Crippen LogP contribution is 2.57. The molecule has 0 saturated heterocycles. The fraction of sp³-hybridized carbons (Fsp3) is 0.143. The molecule has 2 heteroatoms. The van der Waals surface area contributed by atoms with Crippen LogP contribution in [0.5, 0.6) is 0 Å². The molecule has 0 bridgehead atoms. The maximum absolute atomic E-state index is 2.46. The van der Waals surface area contributed by atoms with Gasteiger partial charge in [0.1, 0.15) is 0 Å². The predicted octanol–water partition coefficient (Wildman–Crippen LogP) is 12.1. The fourth-order valence-electron chi connectivity index (χ4n) is 7.76. The summed E-state index contributed by atoms with van der Waals surface area (Å²) in [5.74, 6) is 0. The summed E-state index contributed by atoms with van der Waals surface area (Å²) in [4.78, 5) is 0. The topological polar surface area (TPSA) is 4.93 Å². The number of aromatic nitrogens is 1. The monoisotopic (exact) mass is 583 g/mol. The lowest BCUT2D eigenvalue weighted by molar-refractivity contribution is 0.302. The number of thiophene rings is 1.